The van der Waals surface area contributed by atoms with Crippen LogP contribution in [0.25, 0.3) is 10.2 Å². The zero-order valence-electron chi connectivity index (χ0n) is 16.8. The molecule has 0 aliphatic heterocycles. The highest BCUT2D eigenvalue weighted by Gasteiger charge is 2.26. The first-order chi connectivity index (χ1) is 14.2. The van der Waals surface area contributed by atoms with Gasteiger partial charge >= 0.3 is 0 Å². The summed E-state index contributed by atoms with van der Waals surface area (Å²) < 4.78 is 31.5. The van der Waals surface area contributed by atoms with Crippen LogP contribution in [0.3, 0.4) is 0 Å². The van der Waals surface area contributed by atoms with Gasteiger partial charge in [0.15, 0.2) is 15.0 Å². The Morgan fingerprint density at radius 2 is 1.83 bits per heavy atom. The van der Waals surface area contributed by atoms with Crippen molar-refractivity contribution in [1.29, 1.82) is 0 Å². The van der Waals surface area contributed by atoms with Gasteiger partial charge in [0.2, 0.25) is 5.91 Å². The van der Waals surface area contributed by atoms with Gasteiger partial charge in [-0.2, -0.15) is 0 Å². The smallest absolute Gasteiger partial charge is 0.244 e. The summed E-state index contributed by atoms with van der Waals surface area (Å²) in [5.74, 6) is -0.637. The molecule has 0 bridgehead atoms. The van der Waals surface area contributed by atoms with Crippen LogP contribution in [0.4, 0.5) is 5.13 Å². The van der Waals surface area contributed by atoms with E-state index in [1.165, 1.54) is 35.5 Å². The van der Waals surface area contributed by atoms with Crippen LogP contribution < -0.4 is 9.64 Å². The Kier molecular flexibility index (Phi) is 6.97. The van der Waals surface area contributed by atoms with E-state index in [-0.39, 0.29) is 4.90 Å². The van der Waals surface area contributed by atoms with Gasteiger partial charge in [-0.3, -0.25) is 9.69 Å². The number of aromatic nitrogens is 1. The molecule has 7 nitrogen and oxygen atoms in total. The Balaban J connectivity index is 1.89. The normalized spacial score (nSPS) is 11.8. The SMILES string of the molecule is COc1ccc(S(=O)(=O)CC(=O)N(CCN(C)C)c2nc3ccc(Cl)cc3s2)cc1. The van der Waals surface area contributed by atoms with Crippen molar-refractivity contribution in [3.63, 3.8) is 0 Å². The molecule has 0 atom stereocenters. The fourth-order valence-corrected chi connectivity index (χ4v) is 5.22. The molecule has 30 heavy (non-hydrogen) atoms. The van der Waals surface area contributed by atoms with E-state index in [0.717, 1.165) is 4.70 Å². The molecule has 0 aliphatic rings. The Labute approximate surface area is 184 Å². The summed E-state index contributed by atoms with van der Waals surface area (Å²) in [6.07, 6.45) is 0. The number of anilines is 1. The molecule has 0 saturated carbocycles. The summed E-state index contributed by atoms with van der Waals surface area (Å²) in [7, 11) is 1.45. The first-order valence-electron chi connectivity index (χ1n) is 9.07. The predicted molar refractivity (Wildman–Crippen MR) is 121 cm³/mol. The van der Waals surface area contributed by atoms with Gasteiger partial charge in [-0.15, -0.1) is 0 Å². The van der Waals surface area contributed by atoms with Gasteiger partial charge in [0.25, 0.3) is 0 Å². The molecule has 0 spiro atoms. The van der Waals surface area contributed by atoms with Crippen molar-refractivity contribution in [3.05, 3.63) is 47.5 Å². The van der Waals surface area contributed by atoms with Crippen LogP contribution in [-0.4, -0.2) is 64.3 Å². The lowest BCUT2D eigenvalue weighted by Crippen LogP contribution is -2.40. The highest BCUT2D eigenvalue weighted by atomic mass is 35.5. The van der Waals surface area contributed by atoms with E-state index >= 15 is 0 Å². The Hall–Kier alpha value is -2.20. The zero-order valence-corrected chi connectivity index (χ0v) is 19.2. The van der Waals surface area contributed by atoms with Gasteiger partial charge in [-0.25, -0.2) is 13.4 Å². The largest absolute Gasteiger partial charge is 0.497 e. The minimum absolute atomic E-state index is 0.0697. The highest BCUT2D eigenvalue weighted by molar-refractivity contribution is 7.92. The molecule has 0 radical (unpaired) electrons. The summed E-state index contributed by atoms with van der Waals surface area (Å²) in [5, 5.41) is 1.02. The quantitative estimate of drug-likeness (QED) is 0.505. The van der Waals surface area contributed by atoms with Gasteiger partial charge < -0.3 is 9.64 Å². The molecule has 3 rings (SSSR count). The topological polar surface area (TPSA) is 79.8 Å². The monoisotopic (exact) mass is 467 g/mol. The molecular weight excluding hydrogens is 446 g/mol. The number of rotatable bonds is 8. The third-order valence-corrected chi connectivity index (χ3v) is 7.27. The lowest BCUT2D eigenvalue weighted by Gasteiger charge is -2.22. The first kappa shape index (κ1) is 22.5. The van der Waals surface area contributed by atoms with Gasteiger partial charge in [0.05, 0.1) is 22.2 Å². The highest BCUT2D eigenvalue weighted by Crippen LogP contribution is 2.31. The average molecular weight is 468 g/mol. The van der Waals surface area contributed by atoms with Crippen LogP contribution >= 0.6 is 22.9 Å². The van der Waals surface area contributed by atoms with Crippen LogP contribution in [0.2, 0.25) is 5.02 Å². The molecule has 160 valence electrons. The second kappa shape index (κ2) is 9.30. The zero-order chi connectivity index (χ0) is 21.9. The third-order valence-electron chi connectivity index (χ3n) is 4.37. The number of ether oxygens (including phenoxy) is 1. The van der Waals surface area contributed by atoms with Gasteiger partial charge in [-0.05, 0) is 56.6 Å². The lowest BCUT2D eigenvalue weighted by molar-refractivity contribution is -0.116. The van der Waals surface area contributed by atoms with E-state index in [9.17, 15) is 13.2 Å². The number of nitrogens with zero attached hydrogens (tertiary/aromatic N) is 3. The van der Waals surface area contributed by atoms with Crippen LogP contribution in [0.5, 0.6) is 5.75 Å². The number of likely N-dealkylation sites (N-methyl/N-ethyl adjacent to an activating group) is 1. The Bertz CT molecular complexity index is 1140. The standard InChI is InChI=1S/C20H22ClN3O4S2/c1-23(2)10-11-24(20-22-17-9-4-14(21)12-18(17)29-20)19(25)13-30(26,27)16-7-5-15(28-3)6-8-16/h4-9,12H,10-11,13H2,1-3H3. The summed E-state index contributed by atoms with van der Waals surface area (Å²) >= 11 is 7.36. The number of methoxy groups -OCH3 is 1. The van der Waals surface area contributed by atoms with E-state index < -0.39 is 21.5 Å². The molecule has 1 aromatic heterocycles. The fourth-order valence-electron chi connectivity index (χ4n) is 2.74. The summed E-state index contributed by atoms with van der Waals surface area (Å²) in [6.45, 7) is 0.878. The number of sulfone groups is 1. The molecule has 2 aromatic carbocycles. The molecule has 0 fully saturated rings. The second-order valence-corrected chi connectivity index (χ2v) is 10.3. The van der Waals surface area contributed by atoms with E-state index in [2.05, 4.69) is 4.98 Å². The number of thiazole rings is 1. The molecule has 1 heterocycles. The fraction of sp³-hybridized carbons (Fsp3) is 0.300. The number of benzene rings is 2. The maximum absolute atomic E-state index is 13.1. The predicted octanol–water partition coefficient (Wildman–Crippen LogP) is 3.33. The number of hydrogen-bond donors (Lipinski definition) is 0. The number of hydrogen-bond acceptors (Lipinski definition) is 7. The third kappa shape index (κ3) is 5.28. The Morgan fingerprint density at radius 1 is 1.13 bits per heavy atom. The van der Waals surface area contributed by atoms with Gasteiger partial charge in [0.1, 0.15) is 11.5 Å². The number of fused-ring (bicyclic) bond motifs is 1. The molecule has 0 aliphatic carbocycles. The summed E-state index contributed by atoms with van der Waals surface area (Å²) in [6, 6.07) is 11.3. The number of carbonyl (C=O) groups excluding carboxylic acids is 1. The first-order valence-corrected chi connectivity index (χ1v) is 11.9. The maximum Gasteiger partial charge on any atom is 0.244 e. The van der Waals surface area contributed by atoms with E-state index in [0.29, 0.717) is 34.5 Å². The van der Waals surface area contributed by atoms with Crippen molar-refractivity contribution in [2.75, 3.05) is 44.9 Å². The average Bonchev–Trinajstić information content (AvgIpc) is 3.10. The molecule has 0 unspecified atom stereocenters. The number of amides is 1. The van der Waals surface area contributed by atoms with Crippen molar-refractivity contribution in [2.24, 2.45) is 0 Å². The number of carbonyl (C=O) groups is 1. The van der Waals surface area contributed by atoms with Gasteiger partial charge in [-0.1, -0.05) is 22.9 Å². The minimum atomic E-state index is -3.82. The van der Waals surface area contributed by atoms with Crippen molar-refractivity contribution in [2.45, 2.75) is 4.90 Å². The van der Waals surface area contributed by atoms with E-state index in [4.69, 9.17) is 16.3 Å². The van der Waals surface area contributed by atoms with Crippen molar-refractivity contribution in [3.8, 4) is 5.75 Å². The van der Waals surface area contributed by atoms with Gasteiger partial charge in [0, 0.05) is 18.1 Å². The van der Waals surface area contributed by atoms with Crippen LogP contribution in [0.15, 0.2) is 47.4 Å². The van der Waals surface area contributed by atoms with Crippen molar-refractivity contribution >= 4 is 54.0 Å². The molecule has 3 aromatic rings. The maximum atomic E-state index is 13.1. The summed E-state index contributed by atoms with van der Waals surface area (Å²) in [4.78, 5) is 21.0. The minimum Gasteiger partial charge on any atom is -0.497 e. The molecule has 0 N–H and O–H groups in total. The molecule has 0 saturated heterocycles. The molecule has 10 heteroatoms. The Morgan fingerprint density at radius 3 is 2.47 bits per heavy atom. The number of halogens is 1. The van der Waals surface area contributed by atoms with E-state index in [1.807, 2.05) is 19.0 Å². The second-order valence-electron chi connectivity index (χ2n) is 6.89. The summed E-state index contributed by atoms with van der Waals surface area (Å²) in [5.41, 5.74) is 0.708. The van der Waals surface area contributed by atoms with Crippen molar-refractivity contribution in [1.82, 2.24) is 9.88 Å². The molecule has 1 amide bonds. The van der Waals surface area contributed by atoms with Crippen LogP contribution in [0, 0.1) is 0 Å². The van der Waals surface area contributed by atoms with E-state index in [1.54, 1.807) is 30.3 Å². The molecular formula is C20H22ClN3O4S2. The van der Waals surface area contributed by atoms with Crippen LogP contribution in [-0.2, 0) is 14.6 Å². The lowest BCUT2D eigenvalue weighted by atomic mass is 10.3. The van der Waals surface area contributed by atoms with Crippen LogP contribution in [0.1, 0.15) is 0 Å². The van der Waals surface area contributed by atoms with Crippen molar-refractivity contribution < 1.29 is 17.9 Å².